The standard InChI is InChI=1S/C13H16FN5O/c1-10-16-13(17-20-10)9-18-4-6-19(7-5-18)11-2-3-15-12(14)8-11/h2-3,8H,4-7,9H2,1H3. The van der Waals surface area contributed by atoms with E-state index in [1.165, 1.54) is 12.3 Å². The van der Waals surface area contributed by atoms with E-state index in [1.807, 2.05) is 6.07 Å². The number of aryl methyl sites for hydroxylation is 1. The first kappa shape index (κ1) is 13.0. The van der Waals surface area contributed by atoms with Gasteiger partial charge in [0.2, 0.25) is 11.8 Å². The van der Waals surface area contributed by atoms with E-state index in [-0.39, 0.29) is 0 Å². The molecule has 2 aromatic rings. The molecule has 0 N–H and O–H groups in total. The minimum absolute atomic E-state index is 0.438. The van der Waals surface area contributed by atoms with Crippen LogP contribution in [0, 0.1) is 12.9 Å². The van der Waals surface area contributed by atoms with Crippen molar-refractivity contribution in [3.8, 4) is 0 Å². The Morgan fingerprint density at radius 2 is 2.10 bits per heavy atom. The zero-order valence-electron chi connectivity index (χ0n) is 11.3. The Bertz CT molecular complexity index is 580. The van der Waals surface area contributed by atoms with Gasteiger partial charge in [0.25, 0.3) is 0 Å². The first-order valence-electron chi connectivity index (χ1n) is 6.59. The molecule has 0 saturated carbocycles. The van der Waals surface area contributed by atoms with Gasteiger partial charge in [0.05, 0.1) is 6.54 Å². The fourth-order valence-electron chi connectivity index (χ4n) is 2.36. The van der Waals surface area contributed by atoms with Gasteiger partial charge in [-0.05, 0) is 6.07 Å². The average Bonchev–Trinajstić information content (AvgIpc) is 2.85. The quantitative estimate of drug-likeness (QED) is 0.787. The second-order valence-electron chi connectivity index (χ2n) is 4.83. The van der Waals surface area contributed by atoms with Crippen molar-refractivity contribution in [1.82, 2.24) is 20.0 Å². The maximum Gasteiger partial charge on any atom is 0.223 e. The van der Waals surface area contributed by atoms with Crippen molar-refractivity contribution < 1.29 is 8.91 Å². The number of nitrogens with zero attached hydrogens (tertiary/aromatic N) is 5. The van der Waals surface area contributed by atoms with Crippen LogP contribution >= 0.6 is 0 Å². The lowest BCUT2D eigenvalue weighted by molar-refractivity contribution is 0.240. The summed E-state index contributed by atoms with van der Waals surface area (Å²) in [5, 5.41) is 3.90. The van der Waals surface area contributed by atoms with Gasteiger partial charge in [0.15, 0.2) is 5.82 Å². The highest BCUT2D eigenvalue weighted by Crippen LogP contribution is 2.16. The van der Waals surface area contributed by atoms with Gasteiger partial charge in [-0.3, -0.25) is 4.90 Å². The molecule has 0 aliphatic carbocycles. The van der Waals surface area contributed by atoms with Crippen molar-refractivity contribution in [2.75, 3.05) is 31.1 Å². The van der Waals surface area contributed by atoms with Crippen LogP contribution in [0.15, 0.2) is 22.9 Å². The molecule has 3 heterocycles. The maximum absolute atomic E-state index is 13.1. The van der Waals surface area contributed by atoms with E-state index < -0.39 is 5.95 Å². The number of piperazine rings is 1. The van der Waals surface area contributed by atoms with E-state index in [0.717, 1.165) is 31.9 Å². The molecular formula is C13H16FN5O. The number of pyridine rings is 1. The van der Waals surface area contributed by atoms with Crippen LogP contribution in [0.3, 0.4) is 0 Å². The maximum atomic E-state index is 13.1. The Kier molecular flexibility index (Phi) is 3.60. The largest absolute Gasteiger partial charge is 0.369 e. The lowest BCUT2D eigenvalue weighted by atomic mass is 10.2. The minimum Gasteiger partial charge on any atom is -0.369 e. The average molecular weight is 277 g/mol. The molecule has 0 bridgehead atoms. The predicted octanol–water partition coefficient (Wildman–Crippen LogP) is 1.23. The van der Waals surface area contributed by atoms with E-state index in [2.05, 4.69) is 24.9 Å². The van der Waals surface area contributed by atoms with E-state index in [1.54, 1.807) is 6.92 Å². The smallest absolute Gasteiger partial charge is 0.223 e. The van der Waals surface area contributed by atoms with Crippen molar-refractivity contribution in [2.45, 2.75) is 13.5 Å². The number of anilines is 1. The molecule has 1 fully saturated rings. The van der Waals surface area contributed by atoms with Gasteiger partial charge in [0.1, 0.15) is 0 Å². The van der Waals surface area contributed by atoms with E-state index in [0.29, 0.717) is 18.3 Å². The van der Waals surface area contributed by atoms with Crippen LogP contribution in [0.2, 0.25) is 0 Å². The fourth-order valence-corrected chi connectivity index (χ4v) is 2.36. The topological polar surface area (TPSA) is 58.3 Å². The monoisotopic (exact) mass is 277 g/mol. The third-order valence-corrected chi connectivity index (χ3v) is 3.38. The Labute approximate surface area is 116 Å². The van der Waals surface area contributed by atoms with Crippen LogP contribution in [0.4, 0.5) is 10.1 Å². The predicted molar refractivity (Wildman–Crippen MR) is 70.7 cm³/mol. The van der Waals surface area contributed by atoms with Crippen LogP contribution in [0.1, 0.15) is 11.7 Å². The Morgan fingerprint density at radius 1 is 1.30 bits per heavy atom. The van der Waals surface area contributed by atoms with E-state index >= 15 is 0 Å². The summed E-state index contributed by atoms with van der Waals surface area (Å²) in [6, 6.07) is 3.31. The lowest BCUT2D eigenvalue weighted by Gasteiger charge is -2.35. The summed E-state index contributed by atoms with van der Waals surface area (Å²) < 4.78 is 18.1. The molecule has 1 aliphatic rings. The van der Waals surface area contributed by atoms with Gasteiger partial charge in [0, 0.05) is 51.1 Å². The zero-order chi connectivity index (χ0) is 13.9. The molecule has 0 unspecified atom stereocenters. The molecule has 2 aromatic heterocycles. The van der Waals surface area contributed by atoms with Crippen LogP contribution in [0.25, 0.3) is 0 Å². The highest BCUT2D eigenvalue weighted by molar-refractivity contribution is 5.45. The molecule has 0 radical (unpaired) electrons. The Morgan fingerprint density at radius 3 is 2.75 bits per heavy atom. The summed E-state index contributed by atoms with van der Waals surface area (Å²) in [6.07, 6.45) is 1.50. The van der Waals surface area contributed by atoms with Crippen molar-refractivity contribution in [3.05, 3.63) is 36.0 Å². The molecule has 1 aliphatic heterocycles. The number of hydrogen-bond acceptors (Lipinski definition) is 6. The molecule has 0 spiro atoms. The van der Waals surface area contributed by atoms with E-state index in [9.17, 15) is 4.39 Å². The summed E-state index contributed by atoms with van der Waals surface area (Å²) in [7, 11) is 0. The van der Waals surface area contributed by atoms with Crippen LogP contribution in [0.5, 0.6) is 0 Å². The minimum atomic E-state index is -0.438. The molecule has 0 atom stereocenters. The van der Waals surface area contributed by atoms with E-state index in [4.69, 9.17) is 4.52 Å². The van der Waals surface area contributed by atoms with Gasteiger partial charge >= 0.3 is 0 Å². The zero-order valence-corrected chi connectivity index (χ0v) is 11.3. The molecule has 106 valence electrons. The lowest BCUT2D eigenvalue weighted by Crippen LogP contribution is -2.46. The SMILES string of the molecule is Cc1nc(CN2CCN(c3ccnc(F)c3)CC2)no1. The summed E-state index contributed by atoms with van der Waals surface area (Å²) >= 11 is 0. The third-order valence-electron chi connectivity index (χ3n) is 3.38. The fraction of sp³-hybridized carbons (Fsp3) is 0.462. The van der Waals surface area contributed by atoms with Gasteiger partial charge in [-0.25, -0.2) is 4.98 Å². The van der Waals surface area contributed by atoms with Gasteiger partial charge in [-0.15, -0.1) is 0 Å². The van der Waals surface area contributed by atoms with Crippen molar-refractivity contribution in [1.29, 1.82) is 0 Å². The summed E-state index contributed by atoms with van der Waals surface area (Å²) in [6.45, 7) is 5.94. The van der Waals surface area contributed by atoms with Gasteiger partial charge < -0.3 is 9.42 Å². The summed E-state index contributed by atoms with van der Waals surface area (Å²) in [5.41, 5.74) is 0.882. The van der Waals surface area contributed by atoms with Gasteiger partial charge in [-0.2, -0.15) is 9.37 Å². The molecule has 20 heavy (non-hydrogen) atoms. The van der Waals surface area contributed by atoms with Crippen LogP contribution < -0.4 is 4.90 Å². The highest BCUT2D eigenvalue weighted by Gasteiger charge is 2.19. The second-order valence-corrected chi connectivity index (χ2v) is 4.83. The normalized spacial score (nSPS) is 16.6. The van der Waals surface area contributed by atoms with Gasteiger partial charge in [-0.1, -0.05) is 5.16 Å². The number of halogens is 1. The molecule has 0 amide bonds. The molecule has 0 aromatic carbocycles. The van der Waals surface area contributed by atoms with Crippen molar-refractivity contribution in [2.24, 2.45) is 0 Å². The summed E-state index contributed by atoms with van der Waals surface area (Å²) in [5.74, 6) is 0.865. The molecular weight excluding hydrogens is 261 g/mol. The molecule has 1 saturated heterocycles. The third kappa shape index (κ3) is 2.93. The second kappa shape index (κ2) is 5.54. The number of aromatic nitrogens is 3. The van der Waals surface area contributed by atoms with Crippen LogP contribution in [-0.4, -0.2) is 46.2 Å². The number of hydrogen-bond donors (Lipinski definition) is 0. The number of rotatable bonds is 3. The highest BCUT2D eigenvalue weighted by atomic mass is 19.1. The first-order valence-corrected chi connectivity index (χ1v) is 6.59. The first-order chi connectivity index (χ1) is 9.70. The summed E-state index contributed by atoms with van der Waals surface area (Å²) in [4.78, 5) is 12.2. The molecule has 3 rings (SSSR count). The van der Waals surface area contributed by atoms with Crippen molar-refractivity contribution >= 4 is 5.69 Å². The van der Waals surface area contributed by atoms with Crippen molar-refractivity contribution in [3.63, 3.8) is 0 Å². The Hall–Kier alpha value is -2.02. The molecule has 6 nitrogen and oxygen atoms in total. The van der Waals surface area contributed by atoms with Crippen LogP contribution in [-0.2, 0) is 6.54 Å². The molecule has 7 heteroatoms. The Balaban J connectivity index is 1.57.